The SMILES string of the molecule is CCC1CCCCN1c1nccc(C(=O)N(Cc2ccccc2)C(C)C)n1. The maximum Gasteiger partial charge on any atom is 0.273 e. The third-order valence-electron chi connectivity index (χ3n) is 5.30. The van der Waals surface area contributed by atoms with Gasteiger partial charge in [0.05, 0.1) is 0 Å². The Morgan fingerprint density at radius 3 is 2.70 bits per heavy atom. The lowest BCUT2D eigenvalue weighted by Gasteiger charge is -2.35. The topological polar surface area (TPSA) is 49.3 Å². The van der Waals surface area contributed by atoms with Gasteiger partial charge in [0.25, 0.3) is 5.91 Å². The van der Waals surface area contributed by atoms with Crippen LogP contribution in [-0.2, 0) is 6.54 Å². The molecule has 0 spiro atoms. The molecule has 5 nitrogen and oxygen atoms in total. The highest BCUT2D eigenvalue weighted by molar-refractivity contribution is 5.92. The second-order valence-corrected chi connectivity index (χ2v) is 7.51. The normalized spacial score (nSPS) is 17.2. The number of piperidine rings is 1. The van der Waals surface area contributed by atoms with Crippen molar-refractivity contribution in [1.29, 1.82) is 0 Å². The van der Waals surface area contributed by atoms with Gasteiger partial charge < -0.3 is 9.80 Å². The molecule has 1 aliphatic rings. The number of carbonyl (C=O) groups is 1. The molecule has 1 fully saturated rings. The second-order valence-electron chi connectivity index (χ2n) is 7.51. The molecule has 0 saturated carbocycles. The summed E-state index contributed by atoms with van der Waals surface area (Å²) in [7, 11) is 0. The van der Waals surface area contributed by atoms with Crippen molar-refractivity contribution in [2.75, 3.05) is 11.4 Å². The summed E-state index contributed by atoms with van der Waals surface area (Å²) in [5.41, 5.74) is 1.60. The summed E-state index contributed by atoms with van der Waals surface area (Å²) in [6, 6.07) is 12.4. The Kier molecular flexibility index (Phi) is 6.43. The maximum atomic E-state index is 13.2. The first-order chi connectivity index (χ1) is 13.1. The third kappa shape index (κ3) is 4.65. The predicted octanol–water partition coefficient (Wildman–Crippen LogP) is 4.30. The summed E-state index contributed by atoms with van der Waals surface area (Å²) in [6.45, 7) is 7.84. The number of hydrogen-bond donors (Lipinski definition) is 0. The van der Waals surface area contributed by atoms with Crippen LogP contribution in [0.25, 0.3) is 0 Å². The fourth-order valence-electron chi connectivity index (χ4n) is 3.71. The smallest absolute Gasteiger partial charge is 0.273 e. The third-order valence-corrected chi connectivity index (χ3v) is 5.30. The molecule has 0 N–H and O–H groups in total. The maximum absolute atomic E-state index is 13.2. The lowest BCUT2D eigenvalue weighted by molar-refractivity contribution is 0.0684. The standard InChI is InChI=1S/C22H30N4O/c1-4-19-12-8-9-15-25(19)22-23-14-13-20(24-22)21(27)26(17(2)3)16-18-10-6-5-7-11-18/h5-7,10-11,13-14,17,19H,4,8-9,12,15-16H2,1-3H3. The Balaban J connectivity index is 1.82. The van der Waals surface area contributed by atoms with Crippen molar-refractivity contribution >= 4 is 11.9 Å². The molecule has 1 amide bonds. The molecule has 5 heteroatoms. The minimum absolute atomic E-state index is 0.0393. The molecule has 1 aliphatic heterocycles. The Morgan fingerprint density at radius 1 is 1.22 bits per heavy atom. The molecular weight excluding hydrogens is 336 g/mol. The molecule has 0 radical (unpaired) electrons. The highest BCUT2D eigenvalue weighted by atomic mass is 16.2. The average Bonchev–Trinajstić information content (AvgIpc) is 2.72. The van der Waals surface area contributed by atoms with E-state index in [2.05, 4.69) is 21.8 Å². The highest BCUT2D eigenvalue weighted by Gasteiger charge is 2.25. The average molecular weight is 367 g/mol. The van der Waals surface area contributed by atoms with E-state index in [1.165, 1.54) is 12.8 Å². The second kappa shape index (κ2) is 8.98. The predicted molar refractivity (Wildman–Crippen MR) is 109 cm³/mol. The lowest BCUT2D eigenvalue weighted by atomic mass is 10.0. The van der Waals surface area contributed by atoms with Gasteiger partial charge in [-0.15, -0.1) is 0 Å². The van der Waals surface area contributed by atoms with E-state index < -0.39 is 0 Å². The van der Waals surface area contributed by atoms with E-state index in [1.54, 1.807) is 12.3 Å². The van der Waals surface area contributed by atoms with E-state index in [4.69, 9.17) is 0 Å². The first kappa shape index (κ1) is 19.3. The zero-order chi connectivity index (χ0) is 19.2. The van der Waals surface area contributed by atoms with Crippen molar-refractivity contribution in [2.45, 2.75) is 65.1 Å². The lowest BCUT2D eigenvalue weighted by Crippen LogP contribution is -2.41. The van der Waals surface area contributed by atoms with E-state index in [1.807, 2.05) is 49.1 Å². The van der Waals surface area contributed by atoms with Gasteiger partial charge in [0, 0.05) is 31.4 Å². The number of amides is 1. The zero-order valence-corrected chi connectivity index (χ0v) is 16.6. The number of aromatic nitrogens is 2. The number of hydrogen-bond acceptors (Lipinski definition) is 4. The van der Waals surface area contributed by atoms with Gasteiger partial charge >= 0.3 is 0 Å². The molecule has 1 saturated heterocycles. The van der Waals surface area contributed by atoms with Crippen LogP contribution in [0.15, 0.2) is 42.6 Å². The molecule has 2 aromatic rings. The summed E-state index contributed by atoms with van der Waals surface area (Å²) in [6.07, 6.45) is 6.38. The summed E-state index contributed by atoms with van der Waals surface area (Å²) >= 11 is 0. The van der Waals surface area contributed by atoms with Crippen LogP contribution in [-0.4, -0.2) is 39.4 Å². The first-order valence-corrected chi connectivity index (χ1v) is 10.0. The van der Waals surface area contributed by atoms with Crippen molar-refractivity contribution in [3.63, 3.8) is 0 Å². The Morgan fingerprint density at radius 2 is 2.00 bits per heavy atom. The van der Waals surface area contributed by atoms with Crippen molar-refractivity contribution in [3.05, 3.63) is 53.9 Å². The van der Waals surface area contributed by atoms with Gasteiger partial charge in [-0.25, -0.2) is 9.97 Å². The Bertz CT molecular complexity index is 747. The van der Waals surface area contributed by atoms with Gasteiger partial charge in [0.1, 0.15) is 5.69 Å². The fourth-order valence-corrected chi connectivity index (χ4v) is 3.71. The van der Waals surface area contributed by atoms with Crippen molar-refractivity contribution in [1.82, 2.24) is 14.9 Å². The number of benzene rings is 1. The molecule has 1 aromatic heterocycles. The van der Waals surface area contributed by atoms with Crippen molar-refractivity contribution in [3.8, 4) is 0 Å². The quantitative estimate of drug-likeness (QED) is 0.765. The largest absolute Gasteiger partial charge is 0.338 e. The monoisotopic (exact) mass is 366 g/mol. The van der Waals surface area contributed by atoms with Crippen LogP contribution >= 0.6 is 0 Å². The minimum Gasteiger partial charge on any atom is -0.338 e. The van der Waals surface area contributed by atoms with E-state index in [0.29, 0.717) is 24.2 Å². The fraction of sp³-hybridized carbons (Fsp3) is 0.500. The molecule has 1 unspecified atom stereocenters. The van der Waals surface area contributed by atoms with Gasteiger partial charge in [-0.3, -0.25) is 4.79 Å². The molecule has 2 heterocycles. The summed E-state index contributed by atoms with van der Waals surface area (Å²) in [4.78, 5) is 26.5. The Labute approximate surface area is 162 Å². The number of carbonyl (C=O) groups excluding carboxylic acids is 1. The molecule has 0 aliphatic carbocycles. The van der Waals surface area contributed by atoms with E-state index in [9.17, 15) is 4.79 Å². The number of anilines is 1. The van der Waals surface area contributed by atoms with Crippen LogP contribution in [0.2, 0.25) is 0 Å². The summed E-state index contributed by atoms with van der Waals surface area (Å²) in [5, 5.41) is 0. The van der Waals surface area contributed by atoms with Crippen LogP contribution in [0.5, 0.6) is 0 Å². The van der Waals surface area contributed by atoms with Crippen LogP contribution < -0.4 is 4.90 Å². The Hall–Kier alpha value is -2.43. The van der Waals surface area contributed by atoms with E-state index in [0.717, 1.165) is 24.9 Å². The van der Waals surface area contributed by atoms with Gasteiger partial charge in [0.15, 0.2) is 0 Å². The van der Waals surface area contributed by atoms with Crippen LogP contribution in [0.1, 0.15) is 62.5 Å². The van der Waals surface area contributed by atoms with Crippen molar-refractivity contribution < 1.29 is 4.79 Å². The molecule has 1 atom stereocenters. The number of nitrogens with zero attached hydrogens (tertiary/aromatic N) is 4. The molecule has 3 rings (SSSR count). The van der Waals surface area contributed by atoms with E-state index >= 15 is 0 Å². The first-order valence-electron chi connectivity index (χ1n) is 10.0. The molecule has 1 aromatic carbocycles. The van der Waals surface area contributed by atoms with Crippen LogP contribution in [0.3, 0.4) is 0 Å². The summed E-state index contributed by atoms with van der Waals surface area (Å²) < 4.78 is 0. The summed E-state index contributed by atoms with van der Waals surface area (Å²) in [5.74, 6) is 0.651. The van der Waals surface area contributed by atoms with Crippen LogP contribution in [0, 0.1) is 0 Å². The molecular formula is C22H30N4O. The van der Waals surface area contributed by atoms with Gasteiger partial charge in [0.2, 0.25) is 5.95 Å². The highest BCUT2D eigenvalue weighted by Crippen LogP contribution is 2.24. The minimum atomic E-state index is -0.0393. The van der Waals surface area contributed by atoms with Crippen molar-refractivity contribution in [2.24, 2.45) is 0 Å². The van der Waals surface area contributed by atoms with E-state index in [-0.39, 0.29) is 11.9 Å². The van der Waals surface area contributed by atoms with Gasteiger partial charge in [-0.2, -0.15) is 0 Å². The molecule has 0 bridgehead atoms. The molecule has 27 heavy (non-hydrogen) atoms. The zero-order valence-electron chi connectivity index (χ0n) is 16.6. The van der Waals surface area contributed by atoms with Crippen LogP contribution in [0.4, 0.5) is 5.95 Å². The molecule has 144 valence electrons. The van der Waals surface area contributed by atoms with Gasteiger partial charge in [-0.1, -0.05) is 37.3 Å². The number of rotatable bonds is 6. The van der Waals surface area contributed by atoms with Gasteiger partial charge in [-0.05, 0) is 51.2 Å².